The lowest BCUT2D eigenvalue weighted by atomic mass is 10.2. The van der Waals surface area contributed by atoms with Gasteiger partial charge in [0.1, 0.15) is 24.4 Å². The summed E-state index contributed by atoms with van der Waals surface area (Å²) in [6.07, 6.45) is 1.42. The minimum atomic E-state index is -0.198. The van der Waals surface area contributed by atoms with Gasteiger partial charge in [0.2, 0.25) is 0 Å². The van der Waals surface area contributed by atoms with Crippen molar-refractivity contribution in [3.05, 3.63) is 53.5 Å². The fourth-order valence-corrected chi connectivity index (χ4v) is 2.78. The average Bonchev–Trinajstić information content (AvgIpc) is 3.17. The van der Waals surface area contributed by atoms with Crippen LogP contribution in [0.2, 0.25) is 0 Å². The Morgan fingerprint density at radius 2 is 2.08 bits per heavy atom. The van der Waals surface area contributed by atoms with E-state index in [9.17, 15) is 4.79 Å². The summed E-state index contributed by atoms with van der Waals surface area (Å²) in [5, 5.41) is 2.89. The zero-order chi connectivity index (χ0) is 18.2. The Kier molecular flexibility index (Phi) is 6.65. The second-order valence-electron chi connectivity index (χ2n) is 6.10. The maximum absolute atomic E-state index is 12.2. The first-order chi connectivity index (χ1) is 12.8. The summed E-state index contributed by atoms with van der Waals surface area (Å²) in [5.41, 5.74) is 6.90. The number of furan rings is 1. The molecule has 1 aromatic heterocycles. The van der Waals surface area contributed by atoms with Gasteiger partial charge >= 0.3 is 0 Å². The minimum absolute atomic E-state index is 0.198. The van der Waals surface area contributed by atoms with E-state index in [4.69, 9.17) is 19.6 Å². The number of nitrogens with two attached hydrogens (primary N) is 1. The van der Waals surface area contributed by atoms with Crippen LogP contribution in [0, 0.1) is 0 Å². The number of hydrogen-bond acceptors (Lipinski definition) is 6. The Labute approximate surface area is 153 Å². The van der Waals surface area contributed by atoms with E-state index in [0.717, 1.165) is 44.2 Å². The third kappa shape index (κ3) is 5.08. The Balaban J connectivity index is 1.50. The topological polar surface area (TPSA) is 90.0 Å². The van der Waals surface area contributed by atoms with E-state index in [1.807, 2.05) is 24.3 Å². The number of amides is 1. The van der Waals surface area contributed by atoms with Crippen LogP contribution >= 0.6 is 0 Å². The highest BCUT2D eigenvalue weighted by atomic mass is 16.5. The number of morpholine rings is 1. The fraction of sp³-hybridized carbons (Fsp3) is 0.421. The number of benzene rings is 1. The molecule has 1 saturated heterocycles. The van der Waals surface area contributed by atoms with Gasteiger partial charge in [-0.2, -0.15) is 0 Å². The molecule has 0 aliphatic carbocycles. The average molecular weight is 359 g/mol. The molecule has 26 heavy (non-hydrogen) atoms. The Hall–Kier alpha value is -2.35. The highest BCUT2D eigenvalue weighted by Crippen LogP contribution is 2.18. The molecule has 1 amide bonds. The molecule has 1 fully saturated rings. The van der Waals surface area contributed by atoms with Crippen LogP contribution < -0.4 is 15.8 Å². The van der Waals surface area contributed by atoms with E-state index in [0.29, 0.717) is 24.5 Å². The summed E-state index contributed by atoms with van der Waals surface area (Å²) in [5.74, 6) is 1.18. The fourth-order valence-electron chi connectivity index (χ4n) is 2.78. The maximum Gasteiger partial charge on any atom is 0.254 e. The highest BCUT2D eigenvalue weighted by Gasteiger charge is 2.12. The van der Waals surface area contributed by atoms with Crippen molar-refractivity contribution in [2.75, 3.05) is 39.5 Å². The molecule has 0 atom stereocenters. The van der Waals surface area contributed by atoms with Crippen LogP contribution in [-0.2, 0) is 17.8 Å². The van der Waals surface area contributed by atoms with Crippen LogP contribution in [0.3, 0.4) is 0 Å². The predicted octanol–water partition coefficient (Wildman–Crippen LogP) is 1.38. The molecule has 3 N–H and O–H groups in total. The van der Waals surface area contributed by atoms with Gasteiger partial charge in [-0.05, 0) is 12.1 Å². The third-order valence-corrected chi connectivity index (χ3v) is 4.30. The molecule has 2 heterocycles. The van der Waals surface area contributed by atoms with Gasteiger partial charge in [-0.3, -0.25) is 9.69 Å². The summed E-state index contributed by atoms with van der Waals surface area (Å²) in [6.45, 7) is 5.56. The second kappa shape index (κ2) is 9.38. The molecule has 7 nitrogen and oxygen atoms in total. The summed E-state index contributed by atoms with van der Waals surface area (Å²) >= 11 is 0. The molecule has 0 bridgehead atoms. The Morgan fingerprint density at radius 3 is 2.85 bits per heavy atom. The zero-order valence-corrected chi connectivity index (χ0v) is 14.8. The lowest BCUT2D eigenvalue weighted by Crippen LogP contribution is -2.38. The monoisotopic (exact) mass is 359 g/mol. The number of carbonyl (C=O) groups is 1. The van der Waals surface area contributed by atoms with Crippen molar-refractivity contribution in [1.29, 1.82) is 0 Å². The van der Waals surface area contributed by atoms with Crippen molar-refractivity contribution in [2.24, 2.45) is 5.73 Å². The Morgan fingerprint density at radius 1 is 1.27 bits per heavy atom. The number of hydrogen-bond donors (Lipinski definition) is 2. The normalized spacial score (nSPS) is 15.0. The van der Waals surface area contributed by atoms with Gasteiger partial charge in [0.15, 0.2) is 0 Å². The molecule has 0 saturated carbocycles. The van der Waals surface area contributed by atoms with Gasteiger partial charge in [-0.15, -0.1) is 0 Å². The van der Waals surface area contributed by atoms with Gasteiger partial charge in [0.05, 0.1) is 25.3 Å². The van der Waals surface area contributed by atoms with Crippen molar-refractivity contribution >= 4 is 5.91 Å². The molecule has 2 aromatic rings. The van der Waals surface area contributed by atoms with Crippen LogP contribution in [-0.4, -0.2) is 50.3 Å². The third-order valence-electron chi connectivity index (χ3n) is 4.30. The quantitative estimate of drug-likeness (QED) is 0.740. The molecule has 1 aliphatic rings. The maximum atomic E-state index is 12.2. The zero-order valence-electron chi connectivity index (χ0n) is 14.8. The van der Waals surface area contributed by atoms with E-state index >= 15 is 0 Å². The van der Waals surface area contributed by atoms with Crippen LogP contribution in [0.25, 0.3) is 0 Å². The molecule has 0 radical (unpaired) electrons. The van der Waals surface area contributed by atoms with Crippen LogP contribution in [0.4, 0.5) is 0 Å². The lowest BCUT2D eigenvalue weighted by Gasteiger charge is -2.26. The Bertz CT molecular complexity index is 710. The molecular formula is C19H25N3O4. The van der Waals surface area contributed by atoms with E-state index in [1.165, 1.54) is 6.26 Å². The molecule has 140 valence electrons. The van der Waals surface area contributed by atoms with Gasteiger partial charge < -0.3 is 24.9 Å². The first-order valence-corrected chi connectivity index (χ1v) is 8.83. The van der Waals surface area contributed by atoms with Crippen molar-refractivity contribution in [3.63, 3.8) is 0 Å². The number of para-hydroxylation sites is 1. The highest BCUT2D eigenvalue weighted by molar-refractivity contribution is 5.93. The molecular weight excluding hydrogens is 334 g/mol. The number of ether oxygens (including phenoxy) is 2. The number of nitrogens with zero attached hydrogens (tertiary/aromatic N) is 1. The van der Waals surface area contributed by atoms with Crippen LogP contribution in [0.5, 0.6) is 5.75 Å². The van der Waals surface area contributed by atoms with Gasteiger partial charge in [-0.1, -0.05) is 18.2 Å². The van der Waals surface area contributed by atoms with Crippen LogP contribution in [0.15, 0.2) is 41.0 Å². The molecule has 1 aromatic carbocycles. The molecule has 0 unspecified atom stereocenters. The van der Waals surface area contributed by atoms with E-state index in [2.05, 4.69) is 10.2 Å². The van der Waals surface area contributed by atoms with Crippen molar-refractivity contribution in [3.8, 4) is 5.75 Å². The lowest BCUT2D eigenvalue weighted by molar-refractivity contribution is 0.0322. The largest absolute Gasteiger partial charge is 0.492 e. The summed E-state index contributed by atoms with van der Waals surface area (Å²) in [4.78, 5) is 14.5. The predicted molar refractivity (Wildman–Crippen MR) is 97.0 cm³/mol. The minimum Gasteiger partial charge on any atom is -0.492 e. The van der Waals surface area contributed by atoms with E-state index in [1.54, 1.807) is 6.07 Å². The first kappa shape index (κ1) is 18.4. The van der Waals surface area contributed by atoms with E-state index in [-0.39, 0.29) is 12.5 Å². The van der Waals surface area contributed by atoms with E-state index < -0.39 is 0 Å². The standard InChI is InChI=1S/C19H25N3O4/c20-12-17-11-16(14-26-17)19(23)21-13-15-3-1-2-4-18(15)25-10-7-22-5-8-24-9-6-22/h1-4,11,14H,5-10,12-13,20H2,(H,21,23). The van der Waals surface area contributed by atoms with Crippen LogP contribution in [0.1, 0.15) is 21.7 Å². The second-order valence-corrected chi connectivity index (χ2v) is 6.10. The number of carbonyl (C=O) groups excluding carboxylic acids is 1. The van der Waals surface area contributed by atoms with Gasteiger partial charge in [0.25, 0.3) is 5.91 Å². The number of rotatable bonds is 8. The molecule has 7 heteroatoms. The molecule has 3 rings (SSSR count). The van der Waals surface area contributed by atoms with Gasteiger partial charge in [0, 0.05) is 31.7 Å². The summed E-state index contributed by atoms with van der Waals surface area (Å²) in [7, 11) is 0. The van der Waals surface area contributed by atoms with Gasteiger partial charge in [-0.25, -0.2) is 0 Å². The molecule has 1 aliphatic heterocycles. The van der Waals surface area contributed by atoms with Crippen molar-refractivity contribution in [2.45, 2.75) is 13.1 Å². The summed E-state index contributed by atoms with van der Waals surface area (Å²) in [6, 6.07) is 9.38. The number of nitrogens with one attached hydrogen (secondary N) is 1. The SMILES string of the molecule is NCc1cc(C(=O)NCc2ccccc2OCCN2CCOCC2)co1. The smallest absolute Gasteiger partial charge is 0.254 e. The van der Waals surface area contributed by atoms with Crippen molar-refractivity contribution < 1.29 is 18.7 Å². The molecule has 0 spiro atoms. The van der Waals surface area contributed by atoms with Crippen molar-refractivity contribution in [1.82, 2.24) is 10.2 Å². The summed E-state index contributed by atoms with van der Waals surface area (Å²) < 4.78 is 16.5. The first-order valence-electron chi connectivity index (χ1n) is 8.83.